The fourth-order valence-corrected chi connectivity index (χ4v) is 4.24. The van der Waals surface area contributed by atoms with Gasteiger partial charge in [0, 0.05) is 47.5 Å². The summed E-state index contributed by atoms with van der Waals surface area (Å²) in [5.74, 6) is -0.0485. The average Bonchev–Trinajstić information content (AvgIpc) is 3.58. The van der Waals surface area contributed by atoms with Gasteiger partial charge >= 0.3 is 6.18 Å². The summed E-state index contributed by atoms with van der Waals surface area (Å²) in [5.41, 5.74) is 0.234. The number of methoxy groups -OCH3 is 1. The number of carbonyl (C=O) groups is 2. The summed E-state index contributed by atoms with van der Waals surface area (Å²) in [6.07, 6.45) is -1.35. The van der Waals surface area contributed by atoms with Gasteiger partial charge in [-0.3, -0.25) is 19.8 Å². The van der Waals surface area contributed by atoms with Crippen molar-refractivity contribution in [2.45, 2.75) is 25.1 Å². The summed E-state index contributed by atoms with van der Waals surface area (Å²) >= 11 is 0. The first-order chi connectivity index (χ1) is 18.2. The Morgan fingerprint density at radius 1 is 1.11 bits per heavy atom. The van der Waals surface area contributed by atoms with Crippen molar-refractivity contribution < 1.29 is 32.2 Å². The number of ether oxygens (including phenoxy) is 2. The number of anilines is 2. The second-order valence-electron chi connectivity index (χ2n) is 8.48. The Balaban J connectivity index is 1.37. The summed E-state index contributed by atoms with van der Waals surface area (Å²) in [4.78, 5) is 24.5. The third kappa shape index (κ3) is 5.03. The highest BCUT2D eigenvalue weighted by Gasteiger charge is 2.34. The summed E-state index contributed by atoms with van der Waals surface area (Å²) in [7, 11) is 1.41. The molecule has 13 heteroatoms. The summed E-state index contributed by atoms with van der Waals surface area (Å²) in [5, 5.41) is 18.2. The van der Waals surface area contributed by atoms with E-state index in [1.807, 2.05) is 0 Å². The van der Waals surface area contributed by atoms with E-state index in [-0.39, 0.29) is 40.9 Å². The molecule has 0 bridgehead atoms. The molecule has 4 aromatic rings. The summed E-state index contributed by atoms with van der Waals surface area (Å²) in [6.45, 7) is -0.427. The molecule has 10 nitrogen and oxygen atoms in total. The molecule has 3 heterocycles. The highest BCUT2D eigenvalue weighted by molar-refractivity contribution is 6.03. The molecule has 2 aromatic carbocycles. The molecule has 1 unspecified atom stereocenters. The van der Waals surface area contributed by atoms with Crippen LogP contribution in [-0.2, 0) is 17.6 Å². The molecule has 1 aliphatic rings. The molecular formula is C25H21F3N6O4. The van der Waals surface area contributed by atoms with Crippen molar-refractivity contribution in [1.29, 1.82) is 0 Å². The highest BCUT2D eigenvalue weighted by Crippen LogP contribution is 2.40. The molecule has 0 radical (unpaired) electrons. The number of rotatable bonds is 7. The molecule has 0 aliphatic carbocycles. The fourth-order valence-electron chi connectivity index (χ4n) is 4.24. The van der Waals surface area contributed by atoms with E-state index >= 15 is 0 Å². The quantitative estimate of drug-likeness (QED) is 0.281. The smallest absolute Gasteiger partial charge is 0.416 e. The van der Waals surface area contributed by atoms with Gasteiger partial charge in [0.15, 0.2) is 23.1 Å². The number of fused-ring (bicyclic) bond motifs is 1. The molecular weight excluding hydrogens is 505 g/mol. The topological polar surface area (TPSA) is 134 Å². The average molecular weight is 526 g/mol. The minimum absolute atomic E-state index is 0.160. The Labute approximate surface area is 213 Å². The standard InChI is InChI=1S/C25H21F3N6O4/c1-37-20-9-13(16-10-22(35)32-23-17(16)11-30-34-23)4-5-19(20)38-12-15-3-2-14(8-18(15)25(26,27)28)24(36)31-21-6-7-29-33-21/h2-9,11,16H,10,12H2,1H3,(H2,29,31,33,36)(H2,30,32,34,35). The van der Waals surface area contributed by atoms with E-state index in [0.29, 0.717) is 11.6 Å². The number of benzene rings is 2. The van der Waals surface area contributed by atoms with E-state index in [0.717, 1.165) is 17.2 Å². The number of carbonyl (C=O) groups excluding carboxylic acids is 2. The third-order valence-corrected chi connectivity index (χ3v) is 6.09. The molecule has 0 saturated carbocycles. The predicted molar refractivity (Wildman–Crippen MR) is 129 cm³/mol. The SMILES string of the molecule is COc1cc(C2CC(=O)Nc3n[nH]cc32)ccc1OCc1ccc(C(=O)Nc2cc[nH]n2)cc1C(F)(F)F. The van der Waals surface area contributed by atoms with Gasteiger partial charge in [0.1, 0.15) is 6.61 Å². The van der Waals surface area contributed by atoms with E-state index in [1.165, 1.54) is 31.5 Å². The zero-order valence-electron chi connectivity index (χ0n) is 19.8. The van der Waals surface area contributed by atoms with Crippen LogP contribution in [0.2, 0.25) is 0 Å². The van der Waals surface area contributed by atoms with Crippen LogP contribution in [0.3, 0.4) is 0 Å². The van der Waals surface area contributed by atoms with Crippen LogP contribution in [0.4, 0.5) is 24.8 Å². The van der Waals surface area contributed by atoms with Crippen molar-refractivity contribution >= 4 is 23.5 Å². The Kier molecular flexibility index (Phi) is 6.49. The van der Waals surface area contributed by atoms with E-state index in [4.69, 9.17) is 9.47 Å². The van der Waals surface area contributed by atoms with Crippen LogP contribution in [0.5, 0.6) is 11.5 Å². The second-order valence-corrected chi connectivity index (χ2v) is 8.48. The van der Waals surface area contributed by atoms with Gasteiger partial charge in [0.25, 0.3) is 5.91 Å². The van der Waals surface area contributed by atoms with Gasteiger partial charge in [-0.1, -0.05) is 12.1 Å². The van der Waals surface area contributed by atoms with E-state index in [9.17, 15) is 22.8 Å². The number of aromatic nitrogens is 4. The van der Waals surface area contributed by atoms with Crippen LogP contribution in [-0.4, -0.2) is 39.3 Å². The van der Waals surface area contributed by atoms with Gasteiger partial charge in [-0.25, -0.2) is 0 Å². The largest absolute Gasteiger partial charge is 0.493 e. The lowest BCUT2D eigenvalue weighted by Crippen LogP contribution is -2.23. The highest BCUT2D eigenvalue weighted by atomic mass is 19.4. The van der Waals surface area contributed by atoms with E-state index in [2.05, 4.69) is 31.0 Å². The van der Waals surface area contributed by atoms with Crippen molar-refractivity contribution in [3.63, 3.8) is 0 Å². The fraction of sp³-hybridized carbons (Fsp3) is 0.200. The van der Waals surface area contributed by atoms with Gasteiger partial charge in [-0.05, 0) is 29.8 Å². The minimum atomic E-state index is -4.72. The number of H-pyrrole nitrogens is 2. The van der Waals surface area contributed by atoms with Crippen molar-refractivity contribution in [1.82, 2.24) is 20.4 Å². The van der Waals surface area contributed by atoms with Crippen molar-refractivity contribution in [3.8, 4) is 11.5 Å². The molecule has 5 rings (SSSR count). The van der Waals surface area contributed by atoms with Gasteiger partial charge in [-0.15, -0.1) is 0 Å². The first-order valence-corrected chi connectivity index (χ1v) is 11.4. The van der Waals surface area contributed by atoms with Crippen LogP contribution in [0.15, 0.2) is 54.9 Å². The Morgan fingerprint density at radius 3 is 2.68 bits per heavy atom. The molecule has 38 heavy (non-hydrogen) atoms. The maximum absolute atomic E-state index is 13.9. The van der Waals surface area contributed by atoms with E-state index < -0.39 is 24.3 Å². The Morgan fingerprint density at radius 2 is 1.95 bits per heavy atom. The number of aromatic amines is 2. The van der Waals surface area contributed by atoms with Crippen LogP contribution in [0.1, 0.15) is 45.0 Å². The lowest BCUT2D eigenvalue weighted by atomic mass is 9.87. The normalized spacial score (nSPS) is 14.9. The lowest BCUT2D eigenvalue weighted by molar-refractivity contribution is -0.138. The lowest BCUT2D eigenvalue weighted by Gasteiger charge is -2.23. The van der Waals surface area contributed by atoms with Gasteiger partial charge in [-0.2, -0.15) is 23.4 Å². The molecule has 0 fully saturated rings. The molecule has 2 amide bonds. The second kappa shape index (κ2) is 9.92. The van der Waals surface area contributed by atoms with Crippen molar-refractivity contribution in [2.75, 3.05) is 17.7 Å². The zero-order chi connectivity index (χ0) is 26.9. The van der Waals surface area contributed by atoms with Gasteiger partial charge in [0.2, 0.25) is 5.91 Å². The minimum Gasteiger partial charge on any atom is -0.493 e. The molecule has 0 saturated heterocycles. The number of nitrogens with one attached hydrogen (secondary N) is 4. The number of amides is 2. The molecule has 0 spiro atoms. The van der Waals surface area contributed by atoms with Gasteiger partial charge < -0.3 is 20.1 Å². The molecule has 196 valence electrons. The number of nitrogens with zero attached hydrogens (tertiary/aromatic N) is 2. The predicted octanol–water partition coefficient (Wildman–Crippen LogP) is 4.47. The number of hydrogen-bond acceptors (Lipinski definition) is 6. The maximum atomic E-state index is 13.9. The first kappa shape index (κ1) is 24.9. The number of hydrogen-bond donors (Lipinski definition) is 4. The van der Waals surface area contributed by atoms with Crippen LogP contribution in [0.25, 0.3) is 0 Å². The summed E-state index contributed by atoms with van der Waals surface area (Å²) < 4.78 is 52.7. The van der Waals surface area contributed by atoms with Crippen molar-refractivity contribution in [3.05, 3.63) is 82.7 Å². The third-order valence-electron chi connectivity index (χ3n) is 6.09. The molecule has 1 atom stereocenters. The maximum Gasteiger partial charge on any atom is 0.416 e. The van der Waals surface area contributed by atoms with Crippen LogP contribution < -0.4 is 20.1 Å². The summed E-state index contributed by atoms with van der Waals surface area (Å²) in [6, 6.07) is 9.72. The monoisotopic (exact) mass is 526 g/mol. The number of alkyl halides is 3. The molecule has 4 N–H and O–H groups in total. The Bertz CT molecular complexity index is 1480. The van der Waals surface area contributed by atoms with Gasteiger partial charge in [0.05, 0.1) is 12.7 Å². The first-order valence-electron chi connectivity index (χ1n) is 11.4. The Hall–Kier alpha value is -4.81. The van der Waals surface area contributed by atoms with Crippen LogP contribution >= 0.6 is 0 Å². The van der Waals surface area contributed by atoms with Crippen molar-refractivity contribution in [2.24, 2.45) is 0 Å². The molecule has 2 aromatic heterocycles. The molecule has 1 aliphatic heterocycles. The zero-order valence-corrected chi connectivity index (χ0v) is 19.8. The van der Waals surface area contributed by atoms with Crippen LogP contribution in [0, 0.1) is 0 Å². The number of halogens is 3. The van der Waals surface area contributed by atoms with E-state index in [1.54, 1.807) is 24.4 Å².